The van der Waals surface area contributed by atoms with Crippen molar-refractivity contribution < 1.29 is 4.39 Å². The quantitative estimate of drug-likeness (QED) is 0.878. The highest BCUT2D eigenvalue weighted by Crippen LogP contribution is 2.26. The molecule has 0 bridgehead atoms. The predicted molar refractivity (Wildman–Crippen MR) is 86.1 cm³/mol. The van der Waals surface area contributed by atoms with Crippen LogP contribution in [0.4, 0.5) is 10.1 Å². The summed E-state index contributed by atoms with van der Waals surface area (Å²) in [7, 11) is 0. The molecule has 21 heavy (non-hydrogen) atoms. The van der Waals surface area contributed by atoms with E-state index in [9.17, 15) is 4.39 Å². The second-order valence-electron chi connectivity index (χ2n) is 6.67. The molecular weight excluding hydrogens is 263 g/mol. The summed E-state index contributed by atoms with van der Waals surface area (Å²) in [6.07, 6.45) is 7.60. The number of nitrogens with zero attached hydrogens (tertiary/aromatic N) is 1. The lowest BCUT2D eigenvalue weighted by molar-refractivity contribution is 0.459. The first-order valence-corrected chi connectivity index (χ1v) is 8.52. The molecule has 1 N–H and O–H groups in total. The van der Waals surface area contributed by atoms with Gasteiger partial charge in [0.05, 0.1) is 0 Å². The molecule has 1 aliphatic heterocycles. The van der Waals surface area contributed by atoms with Gasteiger partial charge in [0.1, 0.15) is 5.82 Å². The first-order valence-electron chi connectivity index (χ1n) is 8.52. The smallest absolute Gasteiger partial charge is 0.125 e. The van der Waals surface area contributed by atoms with Gasteiger partial charge in [-0.2, -0.15) is 0 Å². The molecule has 0 amide bonds. The van der Waals surface area contributed by atoms with Crippen molar-refractivity contribution >= 4 is 5.69 Å². The summed E-state index contributed by atoms with van der Waals surface area (Å²) in [6, 6.07) is 6.21. The van der Waals surface area contributed by atoms with Crippen LogP contribution in [0.1, 0.15) is 51.0 Å². The van der Waals surface area contributed by atoms with Crippen LogP contribution in [0.2, 0.25) is 0 Å². The maximum Gasteiger partial charge on any atom is 0.125 e. The van der Waals surface area contributed by atoms with E-state index in [0.29, 0.717) is 6.04 Å². The Bertz CT molecular complexity index is 470. The van der Waals surface area contributed by atoms with Crippen molar-refractivity contribution in [2.24, 2.45) is 5.92 Å². The molecule has 1 heterocycles. The number of benzene rings is 1. The lowest BCUT2D eigenvalue weighted by Crippen LogP contribution is -2.25. The largest absolute Gasteiger partial charge is 0.371 e. The second kappa shape index (κ2) is 6.78. The van der Waals surface area contributed by atoms with Crippen molar-refractivity contribution in [1.29, 1.82) is 0 Å². The number of halogens is 1. The molecule has 2 aliphatic rings. The van der Waals surface area contributed by atoms with E-state index >= 15 is 0 Å². The van der Waals surface area contributed by atoms with Gasteiger partial charge in [-0.05, 0) is 61.8 Å². The first-order chi connectivity index (χ1) is 10.2. The third-order valence-electron chi connectivity index (χ3n) is 4.90. The highest BCUT2D eigenvalue weighted by Gasteiger charge is 2.21. The Labute approximate surface area is 127 Å². The van der Waals surface area contributed by atoms with Gasteiger partial charge < -0.3 is 10.2 Å². The van der Waals surface area contributed by atoms with Crippen LogP contribution in [0.5, 0.6) is 0 Å². The van der Waals surface area contributed by atoms with E-state index < -0.39 is 0 Å². The molecule has 1 saturated heterocycles. The van der Waals surface area contributed by atoms with Crippen molar-refractivity contribution in [2.75, 3.05) is 18.0 Å². The molecule has 1 unspecified atom stereocenters. The molecule has 0 spiro atoms. The van der Waals surface area contributed by atoms with Crippen molar-refractivity contribution in [2.45, 2.75) is 58.0 Å². The molecule has 116 valence electrons. The van der Waals surface area contributed by atoms with Gasteiger partial charge in [-0.25, -0.2) is 4.39 Å². The van der Waals surface area contributed by atoms with Crippen LogP contribution in [0.3, 0.4) is 0 Å². The Morgan fingerprint density at radius 2 is 2.00 bits per heavy atom. The number of rotatable bonds is 5. The monoisotopic (exact) mass is 290 g/mol. The molecule has 1 saturated carbocycles. The number of hydrogen-bond donors (Lipinski definition) is 1. The Balaban J connectivity index is 1.67. The number of anilines is 1. The predicted octanol–water partition coefficient (Wildman–Crippen LogP) is 4.09. The van der Waals surface area contributed by atoms with Gasteiger partial charge in [0, 0.05) is 31.4 Å². The second-order valence-corrected chi connectivity index (χ2v) is 6.67. The minimum Gasteiger partial charge on any atom is -0.371 e. The van der Waals surface area contributed by atoms with Crippen LogP contribution in [0.25, 0.3) is 0 Å². The molecule has 2 nitrogen and oxygen atoms in total. The molecule has 1 atom stereocenters. The summed E-state index contributed by atoms with van der Waals surface area (Å²) in [6.45, 7) is 5.21. The molecule has 1 aromatic rings. The maximum atomic E-state index is 13.9. The fraction of sp³-hybridized carbons (Fsp3) is 0.667. The van der Waals surface area contributed by atoms with Crippen molar-refractivity contribution in [3.63, 3.8) is 0 Å². The highest BCUT2D eigenvalue weighted by molar-refractivity contribution is 5.49. The lowest BCUT2D eigenvalue weighted by Gasteiger charge is -2.24. The molecule has 0 aromatic heterocycles. The van der Waals surface area contributed by atoms with Crippen LogP contribution in [0, 0.1) is 11.7 Å². The Morgan fingerprint density at radius 1 is 1.14 bits per heavy atom. The van der Waals surface area contributed by atoms with E-state index in [4.69, 9.17) is 0 Å². The van der Waals surface area contributed by atoms with E-state index in [0.717, 1.165) is 36.8 Å². The third-order valence-corrected chi connectivity index (χ3v) is 4.90. The Morgan fingerprint density at radius 3 is 2.76 bits per heavy atom. The fourth-order valence-electron chi connectivity index (χ4n) is 3.30. The van der Waals surface area contributed by atoms with Gasteiger partial charge >= 0.3 is 0 Å². The zero-order valence-electron chi connectivity index (χ0n) is 13.1. The summed E-state index contributed by atoms with van der Waals surface area (Å²) in [5.41, 5.74) is 2.15. The molecular formula is C18H27FN2. The van der Waals surface area contributed by atoms with Gasteiger partial charge in [-0.3, -0.25) is 0 Å². The Kier molecular flexibility index (Phi) is 4.79. The van der Waals surface area contributed by atoms with Gasteiger partial charge in [-0.15, -0.1) is 0 Å². The standard InChI is InChI=1S/C18H27FN2/c1-2-14-4-3-8-21(9-7-14)18-11-15(10-16(19)12-18)13-20-17-5-6-17/h10-12,14,17,20H,2-9,13H2,1H3. The van der Waals surface area contributed by atoms with Gasteiger partial charge in [0.15, 0.2) is 0 Å². The number of hydrogen-bond acceptors (Lipinski definition) is 2. The maximum absolute atomic E-state index is 13.9. The van der Waals surface area contributed by atoms with Crippen molar-refractivity contribution in [3.05, 3.63) is 29.6 Å². The number of nitrogens with one attached hydrogen (secondary N) is 1. The average Bonchev–Trinajstić information content (AvgIpc) is 3.31. The van der Waals surface area contributed by atoms with Gasteiger partial charge in [0.2, 0.25) is 0 Å². The van der Waals surface area contributed by atoms with Gasteiger partial charge in [0.25, 0.3) is 0 Å². The van der Waals surface area contributed by atoms with E-state index in [2.05, 4.69) is 23.2 Å². The third kappa shape index (κ3) is 4.19. The first kappa shape index (κ1) is 14.8. The van der Waals surface area contributed by atoms with Crippen molar-refractivity contribution in [1.82, 2.24) is 5.32 Å². The normalized spacial score (nSPS) is 23.1. The summed E-state index contributed by atoms with van der Waals surface area (Å²) >= 11 is 0. The summed E-state index contributed by atoms with van der Waals surface area (Å²) in [5.74, 6) is 0.746. The summed E-state index contributed by atoms with van der Waals surface area (Å²) in [4.78, 5) is 2.37. The van der Waals surface area contributed by atoms with E-state index in [1.807, 2.05) is 0 Å². The zero-order chi connectivity index (χ0) is 14.7. The molecule has 3 rings (SSSR count). The summed E-state index contributed by atoms with van der Waals surface area (Å²) in [5, 5.41) is 3.47. The lowest BCUT2D eigenvalue weighted by atomic mass is 9.98. The van der Waals surface area contributed by atoms with E-state index in [-0.39, 0.29) is 5.82 Å². The van der Waals surface area contributed by atoms with Crippen LogP contribution >= 0.6 is 0 Å². The average molecular weight is 290 g/mol. The van der Waals surface area contributed by atoms with Crippen LogP contribution in [-0.2, 0) is 6.54 Å². The SMILES string of the molecule is CCC1CCCN(c2cc(F)cc(CNC3CC3)c2)CC1. The molecule has 2 fully saturated rings. The zero-order valence-corrected chi connectivity index (χ0v) is 13.1. The van der Waals surface area contributed by atoms with Crippen LogP contribution in [0.15, 0.2) is 18.2 Å². The fourth-order valence-corrected chi connectivity index (χ4v) is 3.30. The Hall–Kier alpha value is -1.09. The van der Waals surface area contributed by atoms with E-state index in [1.165, 1.54) is 38.5 Å². The minimum absolute atomic E-state index is 0.101. The molecule has 3 heteroatoms. The van der Waals surface area contributed by atoms with Crippen LogP contribution < -0.4 is 10.2 Å². The molecule has 1 aliphatic carbocycles. The topological polar surface area (TPSA) is 15.3 Å². The summed E-state index contributed by atoms with van der Waals surface area (Å²) < 4.78 is 13.9. The minimum atomic E-state index is -0.101. The van der Waals surface area contributed by atoms with Gasteiger partial charge in [-0.1, -0.05) is 13.3 Å². The van der Waals surface area contributed by atoms with Crippen molar-refractivity contribution in [3.8, 4) is 0 Å². The molecule has 0 radical (unpaired) electrons. The highest BCUT2D eigenvalue weighted by atomic mass is 19.1. The van der Waals surface area contributed by atoms with Crippen LogP contribution in [-0.4, -0.2) is 19.1 Å². The van der Waals surface area contributed by atoms with E-state index in [1.54, 1.807) is 12.1 Å². The molecule has 1 aromatic carbocycles.